The Labute approximate surface area is 110 Å². The molecule has 3 nitrogen and oxygen atoms in total. The predicted molar refractivity (Wildman–Crippen MR) is 75.3 cm³/mol. The Morgan fingerprint density at radius 1 is 1.44 bits per heavy atom. The third kappa shape index (κ3) is 4.80. The molecule has 1 atom stereocenters. The zero-order valence-electron chi connectivity index (χ0n) is 11.3. The van der Waals surface area contributed by atoms with E-state index in [1.807, 2.05) is 31.2 Å². The van der Waals surface area contributed by atoms with Gasteiger partial charge in [-0.1, -0.05) is 6.08 Å². The summed E-state index contributed by atoms with van der Waals surface area (Å²) in [5.41, 5.74) is 6.95. The van der Waals surface area contributed by atoms with Crippen LogP contribution >= 0.6 is 0 Å². The molecule has 0 bridgehead atoms. The van der Waals surface area contributed by atoms with Crippen LogP contribution in [-0.2, 0) is 6.42 Å². The van der Waals surface area contributed by atoms with Gasteiger partial charge in [0.2, 0.25) is 0 Å². The highest BCUT2D eigenvalue weighted by Gasteiger charge is 2.08. The second-order valence-corrected chi connectivity index (χ2v) is 4.43. The van der Waals surface area contributed by atoms with E-state index < -0.39 is 0 Å². The molecule has 3 heteroatoms. The molecule has 0 saturated carbocycles. The van der Waals surface area contributed by atoms with Gasteiger partial charge in [-0.2, -0.15) is 0 Å². The second-order valence-electron chi connectivity index (χ2n) is 4.43. The minimum atomic E-state index is 0.104. The van der Waals surface area contributed by atoms with Crippen molar-refractivity contribution in [2.45, 2.75) is 32.2 Å². The Bertz CT molecular complexity index is 375. The molecule has 1 unspecified atom stereocenters. The van der Waals surface area contributed by atoms with E-state index in [0.717, 1.165) is 36.3 Å². The fraction of sp³-hybridized carbons (Fsp3) is 0.467. The molecule has 0 fully saturated rings. The number of rotatable bonds is 8. The maximum atomic E-state index is 5.85. The molecular weight excluding hydrogens is 226 g/mol. The van der Waals surface area contributed by atoms with Gasteiger partial charge in [-0.25, -0.2) is 0 Å². The average Bonchev–Trinajstić information content (AvgIpc) is 2.35. The number of allylic oxidation sites excluding steroid dienone is 1. The molecule has 0 saturated heterocycles. The van der Waals surface area contributed by atoms with Crippen molar-refractivity contribution in [3.8, 4) is 11.5 Å². The normalized spacial score (nSPS) is 11.9. The summed E-state index contributed by atoms with van der Waals surface area (Å²) in [6, 6.07) is 5.96. The number of hydrogen-bond donors (Lipinski definition) is 1. The van der Waals surface area contributed by atoms with Gasteiger partial charge in [0, 0.05) is 6.04 Å². The standard InChI is InChI=1S/C15H23NO2/c1-4-5-6-9-18-15-8-7-14(17-3)11-13(15)10-12(2)16/h4,7-8,11-12H,1,5-6,9-10,16H2,2-3H3. The van der Waals surface area contributed by atoms with E-state index >= 15 is 0 Å². The minimum absolute atomic E-state index is 0.104. The summed E-state index contributed by atoms with van der Waals surface area (Å²) in [7, 11) is 1.66. The zero-order valence-corrected chi connectivity index (χ0v) is 11.3. The molecule has 0 amide bonds. The Kier molecular flexibility index (Phi) is 6.29. The fourth-order valence-electron chi connectivity index (χ4n) is 1.74. The molecule has 100 valence electrons. The summed E-state index contributed by atoms with van der Waals surface area (Å²) >= 11 is 0. The van der Waals surface area contributed by atoms with Gasteiger partial charge in [-0.15, -0.1) is 6.58 Å². The van der Waals surface area contributed by atoms with Gasteiger partial charge in [0.15, 0.2) is 0 Å². The van der Waals surface area contributed by atoms with E-state index in [2.05, 4.69) is 6.58 Å². The maximum Gasteiger partial charge on any atom is 0.122 e. The van der Waals surface area contributed by atoms with Crippen LogP contribution in [0.25, 0.3) is 0 Å². The highest BCUT2D eigenvalue weighted by Crippen LogP contribution is 2.25. The third-order valence-electron chi connectivity index (χ3n) is 2.62. The van der Waals surface area contributed by atoms with Gasteiger partial charge in [-0.05, 0) is 49.9 Å². The summed E-state index contributed by atoms with van der Waals surface area (Å²) in [4.78, 5) is 0. The van der Waals surface area contributed by atoms with Crippen LogP contribution in [0.4, 0.5) is 0 Å². The van der Waals surface area contributed by atoms with Gasteiger partial charge < -0.3 is 15.2 Å². The first-order valence-electron chi connectivity index (χ1n) is 6.33. The molecule has 1 aromatic rings. The molecule has 0 aliphatic heterocycles. The van der Waals surface area contributed by atoms with E-state index in [1.165, 1.54) is 0 Å². The van der Waals surface area contributed by atoms with E-state index in [4.69, 9.17) is 15.2 Å². The molecule has 0 aliphatic carbocycles. The highest BCUT2D eigenvalue weighted by molar-refractivity contribution is 5.40. The Morgan fingerprint density at radius 3 is 2.83 bits per heavy atom. The first kappa shape index (κ1) is 14.6. The smallest absolute Gasteiger partial charge is 0.122 e. The van der Waals surface area contributed by atoms with Gasteiger partial charge in [0.05, 0.1) is 13.7 Å². The number of hydrogen-bond acceptors (Lipinski definition) is 3. The van der Waals surface area contributed by atoms with Gasteiger partial charge in [-0.3, -0.25) is 0 Å². The van der Waals surface area contributed by atoms with Gasteiger partial charge in [0.25, 0.3) is 0 Å². The van der Waals surface area contributed by atoms with Crippen molar-refractivity contribution in [1.82, 2.24) is 0 Å². The number of ether oxygens (including phenoxy) is 2. The molecular formula is C15H23NO2. The minimum Gasteiger partial charge on any atom is -0.497 e. The van der Waals surface area contributed by atoms with E-state index in [9.17, 15) is 0 Å². The van der Waals surface area contributed by atoms with E-state index in [1.54, 1.807) is 7.11 Å². The molecule has 0 aliphatic rings. The zero-order chi connectivity index (χ0) is 13.4. The van der Waals surface area contributed by atoms with Crippen LogP contribution in [0.5, 0.6) is 11.5 Å². The highest BCUT2D eigenvalue weighted by atomic mass is 16.5. The van der Waals surface area contributed by atoms with Crippen molar-refractivity contribution >= 4 is 0 Å². The molecule has 1 rings (SSSR count). The second kappa shape index (κ2) is 7.77. The van der Waals surface area contributed by atoms with Crippen molar-refractivity contribution in [2.24, 2.45) is 5.73 Å². The summed E-state index contributed by atoms with van der Waals surface area (Å²) in [5.74, 6) is 1.74. The van der Waals surface area contributed by atoms with Crippen molar-refractivity contribution in [2.75, 3.05) is 13.7 Å². The first-order valence-corrected chi connectivity index (χ1v) is 6.33. The molecule has 0 aromatic heterocycles. The first-order chi connectivity index (χ1) is 8.67. The topological polar surface area (TPSA) is 44.5 Å². The lowest BCUT2D eigenvalue weighted by molar-refractivity contribution is 0.307. The number of benzene rings is 1. The Hall–Kier alpha value is -1.48. The third-order valence-corrected chi connectivity index (χ3v) is 2.62. The SMILES string of the molecule is C=CCCCOc1ccc(OC)cc1CC(C)N. The van der Waals surface area contributed by atoms with E-state index in [0.29, 0.717) is 6.61 Å². The maximum absolute atomic E-state index is 5.85. The lowest BCUT2D eigenvalue weighted by Crippen LogP contribution is -2.18. The van der Waals surface area contributed by atoms with Crippen LogP contribution in [0.15, 0.2) is 30.9 Å². The number of unbranched alkanes of at least 4 members (excludes halogenated alkanes) is 1. The van der Waals surface area contributed by atoms with Crippen molar-refractivity contribution in [1.29, 1.82) is 0 Å². The molecule has 18 heavy (non-hydrogen) atoms. The lowest BCUT2D eigenvalue weighted by Gasteiger charge is -2.14. The van der Waals surface area contributed by atoms with Crippen molar-refractivity contribution in [3.63, 3.8) is 0 Å². The van der Waals surface area contributed by atoms with Crippen LogP contribution in [0, 0.1) is 0 Å². The lowest BCUT2D eigenvalue weighted by atomic mass is 10.1. The summed E-state index contributed by atoms with van der Waals surface area (Å²) in [6.45, 7) is 6.38. The van der Waals surface area contributed by atoms with Crippen LogP contribution in [0.2, 0.25) is 0 Å². The quantitative estimate of drug-likeness (QED) is 0.569. The molecule has 0 spiro atoms. The van der Waals surface area contributed by atoms with Crippen LogP contribution in [0.1, 0.15) is 25.3 Å². The largest absolute Gasteiger partial charge is 0.497 e. The number of methoxy groups -OCH3 is 1. The molecule has 1 aromatic carbocycles. The van der Waals surface area contributed by atoms with Crippen LogP contribution in [0.3, 0.4) is 0 Å². The van der Waals surface area contributed by atoms with E-state index in [-0.39, 0.29) is 6.04 Å². The fourth-order valence-corrected chi connectivity index (χ4v) is 1.74. The van der Waals surface area contributed by atoms with Crippen LogP contribution in [-0.4, -0.2) is 19.8 Å². The monoisotopic (exact) mass is 249 g/mol. The van der Waals surface area contributed by atoms with Gasteiger partial charge in [0.1, 0.15) is 11.5 Å². The Balaban J connectivity index is 2.71. The Morgan fingerprint density at radius 2 is 2.22 bits per heavy atom. The number of nitrogens with two attached hydrogens (primary N) is 1. The van der Waals surface area contributed by atoms with Crippen LogP contribution < -0.4 is 15.2 Å². The average molecular weight is 249 g/mol. The van der Waals surface area contributed by atoms with Crippen molar-refractivity contribution in [3.05, 3.63) is 36.4 Å². The predicted octanol–water partition coefficient (Wildman–Crippen LogP) is 2.93. The summed E-state index contributed by atoms with van der Waals surface area (Å²) in [6.07, 6.45) is 4.64. The summed E-state index contributed by atoms with van der Waals surface area (Å²) in [5, 5.41) is 0. The van der Waals surface area contributed by atoms with Crippen molar-refractivity contribution < 1.29 is 9.47 Å². The van der Waals surface area contributed by atoms with Gasteiger partial charge >= 0.3 is 0 Å². The molecule has 0 radical (unpaired) electrons. The molecule has 0 heterocycles. The molecule has 2 N–H and O–H groups in total. The summed E-state index contributed by atoms with van der Waals surface area (Å²) < 4.78 is 11.0.